The Kier molecular flexibility index (Phi) is 8.25. The zero-order valence-corrected chi connectivity index (χ0v) is 29.2. The molecule has 9 nitrogen and oxygen atoms in total. The Morgan fingerprint density at radius 2 is 2.00 bits per heavy atom. The smallest absolute Gasteiger partial charge is 0.417 e. The van der Waals surface area contributed by atoms with Crippen LogP contribution in [0.15, 0.2) is 18.2 Å². The van der Waals surface area contributed by atoms with Crippen LogP contribution in [0.5, 0.6) is 6.01 Å². The number of thiophene rings is 1. The summed E-state index contributed by atoms with van der Waals surface area (Å²) in [6.07, 6.45) is -3.23. The molecule has 0 spiro atoms. The highest BCUT2D eigenvalue weighted by atomic mass is 32.1. The lowest BCUT2D eigenvalue weighted by molar-refractivity contribution is -0.137. The van der Waals surface area contributed by atoms with Crippen LogP contribution in [-0.4, -0.2) is 82.3 Å². The number of anilines is 2. The molecule has 2 aromatic carbocycles. The molecule has 2 N–H and O–H groups in total. The number of carbonyl (C=O) groups is 1. The van der Waals surface area contributed by atoms with E-state index in [1.165, 1.54) is 0 Å². The largest absolute Gasteiger partial charge is 0.461 e. The van der Waals surface area contributed by atoms with Crippen molar-refractivity contribution >= 4 is 49.1 Å². The number of nitrogens with two attached hydrogens (primary N) is 1. The molecule has 8 rings (SSSR count). The SMILES string of the molecule is CCN(c1nc(OCC23CCCN2CC(F)C3)nc2c(F)c(-c3ccc(F)c4sc(N)c(C#N)c34)c(C(F)(F)F)cc12)C1CC2CC(C)C(=O)N2C1. The van der Waals surface area contributed by atoms with E-state index in [0.717, 1.165) is 24.6 Å². The summed E-state index contributed by atoms with van der Waals surface area (Å²) in [5.74, 6) is -2.30. The van der Waals surface area contributed by atoms with E-state index in [9.17, 15) is 18.8 Å². The van der Waals surface area contributed by atoms with Crippen LogP contribution in [0.4, 0.5) is 37.2 Å². The van der Waals surface area contributed by atoms with Crippen molar-refractivity contribution in [3.05, 3.63) is 41.0 Å². The molecule has 0 radical (unpaired) electrons. The number of amides is 1. The predicted molar refractivity (Wildman–Crippen MR) is 184 cm³/mol. The quantitative estimate of drug-likeness (QED) is 0.201. The number of carbonyl (C=O) groups excluding carboxylic acids is 1. The number of likely N-dealkylation sites (N-methyl/N-ethyl adjacent to an activating group) is 1. The van der Waals surface area contributed by atoms with Gasteiger partial charge in [-0.05, 0) is 56.8 Å². The lowest BCUT2D eigenvalue weighted by Gasteiger charge is -2.32. The normalized spacial score (nSPS) is 26.1. The van der Waals surface area contributed by atoms with Crippen molar-refractivity contribution in [1.29, 1.82) is 5.26 Å². The third-order valence-corrected chi connectivity index (χ3v) is 12.4. The van der Waals surface area contributed by atoms with Crippen molar-refractivity contribution in [3.63, 3.8) is 0 Å². The molecule has 274 valence electrons. The summed E-state index contributed by atoms with van der Waals surface area (Å²) in [5, 5.41) is 9.28. The van der Waals surface area contributed by atoms with E-state index in [1.807, 2.05) is 17.9 Å². The van der Waals surface area contributed by atoms with Crippen LogP contribution in [-0.2, 0) is 11.0 Å². The first kappa shape index (κ1) is 34.7. The standard InChI is InChI=1S/C36H35F6N7O2S/c1-3-48(20-10-19-9-17(2)33(50)49(19)15-20)32-22-11-24(36(40,41)42)27(21-5-6-25(38)30-26(21)23(13-43)31(44)52-30)28(39)29(22)45-34(46-32)51-16-35-7-4-8-47(35)14-18(37)12-35/h5-6,11,17-20H,3-4,7-10,12,14-16,44H2,1-2H3. The van der Waals surface area contributed by atoms with Gasteiger partial charge in [-0.15, -0.1) is 11.3 Å². The third kappa shape index (κ3) is 5.33. The number of hydrogen-bond acceptors (Lipinski definition) is 9. The molecule has 4 aromatic rings. The van der Waals surface area contributed by atoms with Gasteiger partial charge < -0.3 is 20.3 Å². The number of benzene rings is 2. The summed E-state index contributed by atoms with van der Waals surface area (Å²) in [5.41, 5.74) is 1.96. The number of fused-ring (bicyclic) bond motifs is 4. The van der Waals surface area contributed by atoms with Gasteiger partial charge in [0.2, 0.25) is 5.91 Å². The molecule has 52 heavy (non-hydrogen) atoms. The van der Waals surface area contributed by atoms with Crippen molar-refractivity contribution in [3.8, 4) is 23.2 Å². The van der Waals surface area contributed by atoms with Gasteiger partial charge in [0.25, 0.3) is 0 Å². The number of ether oxygens (including phenoxy) is 1. The van der Waals surface area contributed by atoms with Crippen LogP contribution in [0.1, 0.15) is 57.1 Å². The highest BCUT2D eigenvalue weighted by Crippen LogP contribution is 2.49. The minimum absolute atomic E-state index is 0.00225. The Morgan fingerprint density at radius 3 is 2.71 bits per heavy atom. The van der Waals surface area contributed by atoms with Crippen LogP contribution >= 0.6 is 11.3 Å². The lowest BCUT2D eigenvalue weighted by atomic mass is 9.92. The van der Waals surface area contributed by atoms with Gasteiger partial charge in [0.15, 0.2) is 5.82 Å². The van der Waals surface area contributed by atoms with Crippen molar-refractivity contribution in [1.82, 2.24) is 19.8 Å². The summed E-state index contributed by atoms with van der Waals surface area (Å²) in [6, 6.07) is 3.86. The van der Waals surface area contributed by atoms with Crippen LogP contribution < -0.4 is 15.4 Å². The number of rotatable bonds is 7. The summed E-state index contributed by atoms with van der Waals surface area (Å²) in [4.78, 5) is 27.5. The molecule has 2 aromatic heterocycles. The Balaban J connectivity index is 1.33. The molecule has 16 heteroatoms. The Morgan fingerprint density at radius 1 is 1.21 bits per heavy atom. The average molecular weight is 744 g/mol. The zero-order chi connectivity index (χ0) is 36.9. The maximum Gasteiger partial charge on any atom is 0.417 e. The fourth-order valence-electron chi connectivity index (χ4n) is 9.10. The van der Waals surface area contributed by atoms with E-state index in [-0.39, 0.29) is 93.5 Å². The first-order valence-electron chi connectivity index (χ1n) is 17.4. The van der Waals surface area contributed by atoms with Crippen molar-refractivity contribution in [2.75, 3.05) is 43.4 Å². The lowest BCUT2D eigenvalue weighted by Crippen LogP contribution is -2.43. The summed E-state index contributed by atoms with van der Waals surface area (Å²) in [7, 11) is 0. The second kappa shape index (κ2) is 12.4. The predicted octanol–water partition coefficient (Wildman–Crippen LogP) is 7.05. The number of aromatic nitrogens is 2. The molecule has 5 atom stereocenters. The maximum absolute atomic E-state index is 17.2. The first-order chi connectivity index (χ1) is 24.7. The van der Waals surface area contributed by atoms with E-state index in [4.69, 9.17) is 10.5 Å². The van der Waals surface area contributed by atoms with E-state index in [2.05, 4.69) is 9.97 Å². The Labute approximate surface area is 298 Å². The van der Waals surface area contributed by atoms with E-state index in [1.54, 1.807) is 16.7 Å². The first-order valence-corrected chi connectivity index (χ1v) is 18.2. The van der Waals surface area contributed by atoms with Crippen molar-refractivity contribution in [2.24, 2.45) is 5.92 Å². The second-order valence-electron chi connectivity index (χ2n) is 14.4. The Bertz CT molecular complexity index is 2170. The summed E-state index contributed by atoms with van der Waals surface area (Å²) in [6.45, 7) is 5.18. The molecule has 0 bridgehead atoms. The second-order valence-corrected chi connectivity index (χ2v) is 15.5. The highest BCUT2D eigenvalue weighted by molar-refractivity contribution is 7.23. The van der Waals surface area contributed by atoms with Gasteiger partial charge in [-0.3, -0.25) is 9.69 Å². The van der Waals surface area contributed by atoms with Gasteiger partial charge in [0, 0.05) is 60.4 Å². The minimum atomic E-state index is -5.11. The van der Waals surface area contributed by atoms with Gasteiger partial charge in [-0.25, -0.2) is 13.2 Å². The number of nitrogens with zero attached hydrogens (tertiary/aromatic N) is 6. The minimum Gasteiger partial charge on any atom is -0.461 e. The number of alkyl halides is 4. The molecule has 4 saturated heterocycles. The van der Waals surface area contributed by atoms with E-state index in [0.29, 0.717) is 43.7 Å². The fourth-order valence-corrected chi connectivity index (χ4v) is 10.1. The van der Waals surface area contributed by atoms with E-state index >= 15 is 17.6 Å². The van der Waals surface area contributed by atoms with E-state index < -0.39 is 46.2 Å². The number of hydrogen-bond donors (Lipinski definition) is 1. The van der Waals surface area contributed by atoms with Gasteiger partial charge in [-0.2, -0.15) is 28.4 Å². The molecule has 6 heterocycles. The maximum atomic E-state index is 17.2. The molecule has 0 saturated carbocycles. The Hall–Kier alpha value is -4.36. The summed E-state index contributed by atoms with van der Waals surface area (Å²) >= 11 is 0.686. The molecule has 4 aliphatic rings. The van der Waals surface area contributed by atoms with Crippen LogP contribution in [0.3, 0.4) is 0 Å². The number of halogens is 6. The highest BCUT2D eigenvalue weighted by Gasteiger charge is 2.50. The van der Waals surface area contributed by atoms with Gasteiger partial charge in [0.05, 0.1) is 21.4 Å². The van der Waals surface area contributed by atoms with Crippen molar-refractivity contribution < 1.29 is 35.9 Å². The fraction of sp³-hybridized carbons (Fsp3) is 0.500. The number of nitriles is 1. The average Bonchev–Trinajstić information content (AvgIpc) is 3.88. The number of nitrogen functional groups attached to an aromatic ring is 1. The molecule has 4 aliphatic heterocycles. The summed E-state index contributed by atoms with van der Waals surface area (Å²) < 4.78 is 98.1. The topological polar surface area (TPSA) is 112 Å². The third-order valence-electron chi connectivity index (χ3n) is 11.4. The van der Waals surface area contributed by atoms with Crippen molar-refractivity contribution in [2.45, 2.75) is 75.9 Å². The molecule has 1 amide bonds. The van der Waals surface area contributed by atoms with Crippen LogP contribution in [0, 0.1) is 28.9 Å². The molecular weight excluding hydrogens is 708 g/mol. The monoisotopic (exact) mass is 743 g/mol. The van der Waals surface area contributed by atoms with Gasteiger partial charge in [-0.1, -0.05) is 13.0 Å². The molecular formula is C36H35F6N7O2S. The van der Waals surface area contributed by atoms with Crippen LogP contribution in [0.25, 0.3) is 32.1 Å². The molecule has 0 aliphatic carbocycles. The van der Waals surface area contributed by atoms with Gasteiger partial charge in [0.1, 0.15) is 41.0 Å². The zero-order valence-electron chi connectivity index (χ0n) is 28.4. The van der Waals surface area contributed by atoms with Gasteiger partial charge >= 0.3 is 12.2 Å². The molecule has 5 unspecified atom stereocenters. The van der Waals surface area contributed by atoms with Crippen LogP contribution in [0.2, 0.25) is 0 Å². The molecule has 4 fully saturated rings.